The van der Waals surface area contributed by atoms with Crippen LogP contribution >= 0.6 is 31.9 Å². The van der Waals surface area contributed by atoms with Gasteiger partial charge in [-0.1, -0.05) is 31.9 Å². The summed E-state index contributed by atoms with van der Waals surface area (Å²) in [7, 11) is 0. The third-order valence-electron chi connectivity index (χ3n) is 3.66. The van der Waals surface area contributed by atoms with Gasteiger partial charge in [0.1, 0.15) is 0 Å². The monoisotopic (exact) mass is 502 g/mol. The molecule has 0 atom stereocenters. The van der Waals surface area contributed by atoms with Crippen molar-refractivity contribution < 1.29 is 31.1 Å². The predicted molar refractivity (Wildman–Crippen MR) is 91.2 cm³/mol. The second-order valence-corrected chi connectivity index (χ2v) is 7.45. The van der Waals surface area contributed by atoms with Crippen LogP contribution in [0.3, 0.4) is 0 Å². The van der Waals surface area contributed by atoms with E-state index in [0.717, 1.165) is 38.1 Å². The van der Waals surface area contributed by atoms with Gasteiger partial charge in [-0.3, -0.25) is 4.79 Å². The van der Waals surface area contributed by atoms with Gasteiger partial charge in [-0.2, -0.15) is 26.3 Å². The molecule has 0 fully saturated rings. The Morgan fingerprint density at radius 1 is 0.731 bits per heavy atom. The van der Waals surface area contributed by atoms with Crippen molar-refractivity contribution in [3.63, 3.8) is 0 Å². The van der Waals surface area contributed by atoms with E-state index in [2.05, 4.69) is 31.9 Å². The first-order valence-electron chi connectivity index (χ1n) is 7.03. The Kier molecular flexibility index (Phi) is 5.64. The summed E-state index contributed by atoms with van der Waals surface area (Å²) in [6.45, 7) is 2.28. The van der Waals surface area contributed by atoms with E-state index >= 15 is 0 Å². The van der Waals surface area contributed by atoms with Crippen molar-refractivity contribution >= 4 is 37.6 Å². The number of hydrogen-bond acceptors (Lipinski definition) is 1. The molecule has 0 heterocycles. The number of carbonyl (C=O) groups is 1. The Labute approximate surface area is 161 Å². The fourth-order valence-electron chi connectivity index (χ4n) is 2.74. The maximum absolute atomic E-state index is 13.4. The van der Waals surface area contributed by atoms with Gasteiger partial charge < -0.3 is 0 Å². The molecule has 2 rings (SSSR count). The lowest BCUT2D eigenvalue weighted by molar-refractivity contribution is -0.138. The highest BCUT2D eigenvalue weighted by molar-refractivity contribution is 9.10. The number of alkyl halides is 6. The molecular formula is C17H10Br2F6O. The van der Waals surface area contributed by atoms with Gasteiger partial charge in [0.05, 0.1) is 11.1 Å². The Morgan fingerprint density at radius 2 is 1.04 bits per heavy atom. The number of rotatable bonds is 2. The normalized spacial score (nSPS) is 12.4. The molecule has 0 aliphatic rings. The zero-order valence-corrected chi connectivity index (χ0v) is 16.4. The molecule has 0 saturated heterocycles. The highest BCUT2D eigenvalue weighted by Gasteiger charge is 2.41. The van der Waals surface area contributed by atoms with Crippen molar-refractivity contribution in [1.29, 1.82) is 0 Å². The molecule has 2 aromatic rings. The van der Waals surface area contributed by atoms with E-state index in [1.807, 2.05) is 0 Å². The van der Waals surface area contributed by atoms with E-state index in [-0.39, 0.29) is 20.1 Å². The van der Waals surface area contributed by atoms with Crippen LogP contribution in [0.4, 0.5) is 26.3 Å². The molecule has 0 unspecified atom stereocenters. The van der Waals surface area contributed by atoms with Gasteiger partial charge in [0.15, 0.2) is 5.78 Å². The largest absolute Gasteiger partial charge is 0.417 e. The molecule has 0 bridgehead atoms. The van der Waals surface area contributed by atoms with Gasteiger partial charge in [-0.05, 0) is 49.2 Å². The van der Waals surface area contributed by atoms with Crippen molar-refractivity contribution in [3.8, 4) is 0 Å². The minimum atomic E-state index is -4.89. The molecular weight excluding hydrogens is 494 g/mol. The summed E-state index contributed by atoms with van der Waals surface area (Å²) >= 11 is 5.98. The number of halogens is 8. The molecule has 140 valence electrons. The molecule has 1 nitrogen and oxygen atoms in total. The second kappa shape index (κ2) is 6.99. The SMILES string of the molecule is Cc1cc(Br)cc(C(=O)c2cc(Br)cc(C)c2C(F)(F)F)c1C(F)(F)F. The second-order valence-electron chi connectivity index (χ2n) is 5.62. The first kappa shape index (κ1) is 21.0. The Bertz CT molecular complexity index is 813. The highest BCUT2D eigenvalue weighted by atomic mass is 79.9. The quantitative estimate of drug-likeness (QED) is 0.315. The van der Waals surface area contributed by atoms with Gasteiger partial charge in [-0.15, -0.1) is 0 Å². The lowest BCUT2D eigenvalue weighted by Gasteiger charge is -2.19. The number of aryl methyl sites for hydroxylation is 2. The molecule has 0 saturated carbocycles. The van der Waals surface area contributed by atoms with E-state index in [1.165, 1.54) is 0 Å². The predicted octanol–water partition coefficient (Wildman–Crippen LogP) is 7.10. The van der Waals surface area contributed by atoms with Crippen LogP contribution in [0.2, 0.25) is 0 Å². The van der Waals surface area contributed by atoms with Gasteiger partial charge in [0.2, 0.25) is 0 Å². The Hall–Kier alpha value is -1.35. The summed E-state index contributed by atoms with van der Waals surface area (Å²) in [5.74, 6) is -1.35. The standard InChI is InChI=1S/C17H10Br2F6O/c1-7-3-9(18)5-11(13(7)16(20,21)22)15(26)12-6-10(19)4-8(2)14(12)17(23,24)25/h3-6H,1-2H3. The topological polar surface area (TPSA) is 17.1 Å². The molecule has 9 heteroatoms. The van der Waals surface area contributed by atoms with Crippen LogP contribution in [-0.2, 0) is 12.4 Å². The molecule has 0 spiro atoms. The van der Waals surface area contributed by atoms with Gasteiger partial charge in [0, 0.05) is 20.1 Å². The fraction of sp³-hybridized carbons (Fsp3) is 0.235. The van der Waals surface area contributed by atoms with Crippen molar-refractivity contribution in [2.24, 2.45) is 0 Å². The zero-order valence-electron chi connectivity index (χ0n) is 13.2. The average Bonchev–Trinajstić information content (AvgIpc) is 2.41. The molecule has 0 amide bonds. The zero-order chi connectivity index (χ0) is 20.0. The maximum atomic E-state index is 13.4. The van der Waals surface area contributed by atoms with Gasteiger partial charge in [0.25, 0.3) is 0 Å². The molecule has 0 N–H and O–H groups in total. The summed E-state index contributed by atoms with van der Waals surface area (Å²) in [4.78, 5) is 12.7. The summed E-state index contributed by atoms with van der Waals surface area (Å²) in [5, 5.41) is 0. The summed E-state index contributed by atoms with van der Waals surface area (Å²) < 4.78 is 80.8. The van der Waals surface area contributed by atoms with Crippen LogP contribution < -0.4 is 0 Å². The number of benzene rings is 2. The lowest BCUT2D eigenvalue weighted by Crippen LogP contribution is -2.20. The number of carbonyl (C=O) groups excluding carboxylic acids is 1. The highest BCUT2D eigenvalue weighted by Crippen LogP contribution is 2.40. The maximum Gasteiger partial charge on any atom is 0.417 e. The van der Waals surface area contributed by atoms with Crippen LogP contribution in [0.5, 0.6) is 0 Å². The molecule has 0 aromatic heterocycles. The van der Waals surface area contributed by atoms with Crippen LogP contribution in [0.15, 0.2) is 33.2 Å². The van der Waals surface area contributed by atoms with E-state index in [1.54, 1.807) is 0 Å². The minimum absolute atomic E-state index is 0.159. The van der Waals surface area contributed by atoms with E-state index < -0.39 is 40.4 Å². The third kappa shape index (κ3) is 4.14. The van der Waals surface area contributed by atoms with Crippen molar-refractivity contribution in [1.82, 2.24) is 0 Å². The smallest absolute Gasteiger partial charge is 0.289 e. The molecule has 0 radical (unpaired) electrons. The van der Waals surface area contributed by atoms with Gasteiger partial charge in [-0.25, -0.2) is 0 Å². The van der Waals surface area contributed by atoms with E-state index in [4.69, 9.17) is 0 Å². The molecule has 0 aliphatic heterocycles. The van der Waals surface area contributed by atoms with Gasteiger partial charge >= 0.3 is 12.4 Å². The minimum Gasteiger partial charge on any atom is -0.289 e. The lowest BCUT2D eigenvalue weighted by atomic mass is 9.90. The van der Waals surface area contributed by atoms with E-state index in [9.17, 15) is 31.1 Å². The van der Waals surface area contributed by atoms with Crippen LogP contribution in [0, 0.1) is 13.8 Å². The van der Waals surface area contributed by atoms with Crippen LogP contribution in [-0.4, -0.2) is 5.78 Å². The van der Waals surface area contributed by atoms with Crippen LogP contribution in [0.25, 0.3) is 0 Å². The van der Waals surface area contributed by atoms with E-state index in [0.29, 0.717) is 0 Å². The first-order valence-corrected chi connectivity index (χ1v) is 8.61. The number of ketones is 1. The average molecular weight is 504 g/mol. The summed E-state index contributed by atoms with van der Waals surface area (Å²) in [5.41, 5.74) is -4.72. The molecule has 2 aromatic carbocycles. The molecule has 26 heavy (non-hydrogen) atoms. The van der Waals surface area contributed by atoms with Crippen molar-refractivity contribution in [2.45, 2.75) is 26.2 Å². The first-order chi connectivity index (χ1) is 11.7. The van der Waals surface area contributed by atoms with Crippen molar-refractivity contribution in [2.75, 3.05) is 0 Å². The Morgan fingerprint density at radius 3 is 1.31 bits per heavy atom. The number of hydrogen-bond donors (Lipinski definition) is 0. The van der Waals surface area contributed by atoms with Crippen molar-refractivity contribution in [3.05, 3.63) is 66.6 Å². The Balaban J connectivity index is 2.84. The van der Waals surface area contributed by atoms with Crippen LogP contribution in [0.1, 0.15) is 38.2 Å². The molecule has 0 aliphatic carbocycles. The third-order valence-corrected chi connectivity index (χ3v) is 4.57. The summed E-state index contributed by atoms with van der Waals surface area (Å²) in [6, 6.07) is 4.07. The fourth-order valence-corrected chi connectivity index (χ4v) is 3.89. The summed E-state index contributed by atoms with van der Waals surface area (Å²) in [6.07, 6.45) is -9.79.